The van der Waals surface area contributed by atoms with Gasteiger partial charge >= 0.3 is 6.09 Å². The molecule has 33 heavy (non-hydrogen) atoms. The van der Waals surface area contributed by atoms with Crippen LogP contribution in [0.3, 0.4) is 0 Å². The number of carbonyl (C=O) groups is 2. The second kappa shape index (κ2) is 8.84. The van der Waals surface area contributed by atoms with E-state index in [1.165, 1.54) is 0 Å². The number of hydrogen-bond acceptors (Lipinski definition) is 4. The number of nitrogens with one attached hydrogen (secondary N) is 2. The third-order valence-corrected chi connectivity index (χ3v) is 7.02. The summed E-state index contributed by atoms with van der Waals surface area (Å²) >= 11 is 6.30. The molecule has 7 nitrogen and oxygen atoms in total. The van der Waals surface area contributed by atoms with Gasteiger partial charge in [0.15, 0.2) is 0 Å². The van der Waals surface area contributed by atoms with Gasteiger partial charge in [0.2, 0.25) is 5.91 Å². The van der Waals surface area contributed by atoms with Gasteiger partial charge in [0.1, 0.15) is 5.60 Å². The van der Waals surface area contributed by atoms with Crippen LogP contribution in [0.25, 0.3) is 10.9 Å². The topological polar surface area (TPSA) is 77.7 Å². The van der Waals surface area contributed by atoms with Crippen LogP contribution in [0.1, 0.15) is 57.3 Å². The molecule has 0 radical (unpaired) electrons. The number of halogens is 1. The van der Waals surface area contributed by atoms with Crippen LogP contribution in [0.2, 0.25) is 5.02 Å². The molecule has 2 heterocycles. The Morgan fingerprint density at radius 1 is 1.30 bits per heavy atom. The summed E-state index contributed by atoms with van der Waals surface area (Å²) in [7, 11) is 3.97. The van der Waals surface area contributed by atoms with E-state index in [-0.39, 0.29) is 12.0 Å². The van der Waals surface area contributed by atoms with Crippen LogP contribution in [0.15, 0.2) is 18.2 Å². The third-order valence-electron chi connectivity index (χ3n) is 6.78. The first-order chi connectivity index (χ1) is 15.5. The van der Waals surface area contributed by atoms with Crippen molar-refractivity contribution in [2.24, 2.45) is 5.41 Å². The van der Waals surface area contributed by atoms with Crippen molar-refractivity contribution in [2.75, 3.05) is 33.7 Å². The number of nitrogens with zero attached hydrogens (tertiary/aromatic N) is 2. The zero-order valence-electron chi connectivity index (χ0n) is 20.3. The number of aromatic amines is 1. The molecule has 0 bridgehead atoms. The van der Waals surface area contributed by atoms with Crippen LogP contribution in [-0.4, -0.2) is 66.1 Å². The van der Waals surface area contributed by atoms with E-state index >= 15 is 0 Å². The van der Waals surface area contributed by atoms with Crippen LogP contribution in [-0.2, 0) is 16.0 Å². The Morgan fingerprint density at radius 2 is 2.03 bits per heavy atom. The van der Waals surface area contributed by atoms with Crippen LogP contribution >= 0.6 is 11.6 Å². The van der Waals surface area contributed by atoms with Crippen molar-refractivity contribution in [3.8, 4) is 0 Å². The lowest BCUT2D eigenvalue weighted by molar-refractivity contribution is -0.143. The van der Waals surface area contributed by atoms with E-state index in [1.54, 1.807) is 4.90 Å². The average molecular weight is 475 g/mol. The van der Waals surface area contributed by atoms with Crippen molar-refractivity contribution in [2.45, 2.75) is 58.1 Å². The normalized spacial score (nSPS) is 19.8. The van der Waals surface area contributed by atoms with Crippen molar-refractivity contribution in [3.63, 3.8) is 0 Å². The quantitative estimate of drug-likeness (QED) is 0.668. The summed E-state index contributed by atoms with van der Waals surface area (Å²) in [4.78, 5) is 34.3. The summed E-state index contributed by atoms with van der Waals surface area (Å²) < 4.78 is 5.79. The van der Waals surface area contributed by atoms with Crippen molar-refractivity contribution < 1.29 is 14.3 Å². The molecule has 180 valence electrons. The maximum absolute atomic E-state index is 13.6. The molecular weight excluding hydrogens is 440 g/mol. The van der Waals surface area contributed by atoms with Gasteiger partial charge in [0, 0.05) is 41.3 Å². The molecule has 2 aromatic rings. The lowest BCUT2D eigenvalue weighted by Crippen LogP contribution is -2.58. The van der Waals surface area contributed by atoms with E-state index in [0.717, 1.165) is 48.0 Å². The first kappa shape index (κ1) is 23.9. The van der Waals surface area contributed by atoms with Gasteiger partial charge in [-0.3, -0.25) is 9.69 Å². The molecule has 1 fully saturated rings. The summed E-state index contributed by atoms with van der Waals surface area (Å²) in [5.41, 5.74) is 1.76. The van der Waals surface area contributed by atoms with Gasteiger partial charge in [-0.1, -0.05) is 18.0 Å². The highest BCUT2D eigenvalue weighted by atomic mass is 35.5. The first-order valence-electron chi connectivity index (χ1n) is 11.7. The predicted molar refractivity (Wildman–Crippen MR) is 131 cm³/mol. The van der Waals surface area contributed by atoms with Crippen molar-refractivity contribution in [1.29, 1.82) is 0 Å². The highest BCUT2D eigenvalue weighted by molar-refractivity contribution is 6.31. The number of likely N-dealkylation sites (N-methyl/N-ethyl adjacent to an activating group) is 1. The number of fused-ring (bicyclic) bond motifs is 3. The minimum Gasteiger partial charge on any atom is -0.444 e. The molecule has 0 spiro atoms. The van der Waals surface area contributed by atoms with Crippen molar-refractivity contribution in [3.05, 3.63) is 34.5 Å². The molecule has 0 saturated heterocycles. The molecule has 8 heteroatoms. The Morgan fingerprint density at radius 3 is 2.64 bits per heavy atom. The summed E-state index contributed by atoms with van der Waals surface area (Å²) in [6.45, 7) is 7.44. The number of rotatable bonds is 5. The second-order valence-electron chi connectivity index (χ2n) is 10.6. The molecule has 2 aliphatic rings. The van der Waals surface area contributed by atoms with Gasteiger partial charge in [0.05, 0.1) is 11.5 Å². The monoisotopic (exact) mass is 474 g/mol. The zero-order chi connectivity index (χ0) is 24.0. The smallest absolute Gasteiger partial charge is 0.410 e. The Kier molecular flexibility index (Phi) is 6.40. The minimum absolute atomic E-state index is 0.0127. The zero-order valence-corrected chi connectivity index (χ0v) is 21.0. The van der Waals surface area contributed by atoms with Gasteiger partial charge in [0.25, 0.3) is 0 Å². The largest absolute Gasteiger partial charge is 0.444 e. The highest BCUT2D eigenvalue weighted by Crippen LogP contribution is 2.55. The fourth-order valence-electron chi connectivity index (χ4n) is 5.10. The molecular formula is C25H35ClN4O3. The summed E-state index contributed by atoms with van der Waals surface area (Å²) in [6, 6.07) is 5.39. The SMILES string of the molecule is CN(C)CCNC(=O)C1(C2c3[nH]c4ccc(Cl)cc4c3CCN2C(=O)OC(C)(C)C)CCC1. The number of ether oxygens (including phenoxy) is 1. The molecule has 1 aromatic carbocycles. The van der Waals surface area contributed by atoms with Gasteiger partial charge < -0.3 is 19.9 Å². The average Bonchev–Trinajstić information content (AvgIpc) is 3.03. The maximum Gasteiger partial charge on any atom is 0.410 e. The van der Waals surface area contributed by atoms with Crippen LogP contribution in [0.5, 0.6) is 0 Å². The van der Waals surface area contributed by atoms with E-state index in [1.807, 2.05) is 58.0 Å². The molecule has 1 saturated carbocycles. The molecule has 4 rings (SSSR count). The number of H-pyrrole nitrogens is 1. The number of aromatic nitrogens is 1. The maximum atomic E-state index is 13.6. The van der Waals surface area contributed by atoms with Gasteiger partial charge in [-0.25, -0.2) is 4.79 Å². The summed E-state index contributed by atoms with van der Waals surface area (Å²) in [5, 5.41) is 4.88. The molecule has 1 unspecified atom stereocenters. The van der Waals surface area contributed by atoms with E-state index in [9.17, 15) is 9.59 Å². The predicted octanol–water partition coefficient (Wildman–Crippen LogP) is 4.50. The van der Waals surface area contributed by atoms with E-state index in [0.29, 0.717) is 24.5 Å². The molecule has 1 aromatic heterocycles. The molecule has 1 aliphatic carbocycles. The number of amides is 2. The van der Waals surface area contributed by atoms with E-state index in [4.69, 9.17) is 16.3 Å². The van der Waals surface area contributed by atoms with Gasteiger partial charge in [-0.15, -0.1) is 0 Å². The molecule has 1 aliphatic heterocycles. The summed E-state index contributed by atoms with van der Waals surface area (Å²) in [5.74, 6) is 0.0127. The van der Waals surface area contributed by atoms with E-state index in [2.05, 4.69) is 10.3 Å². The van der Waals surface area contributed by atoms with Crippen LogP contribution in [0.4, 0.5) is 4.79 Å². The van der Waals surface area contributed by atoms with E-state index < -0.39 is 17.1 Å². The second-order valence-corrected chi connectivity index (χ2v) is 11.0. The van der Waals surface area contributed by atoms with Crippen molar-refractivity contribution in [1.82, 2.24) is 20.1 Å². The lowest BCUT2D eigenvalue weighted by Gasteiger charge is -2.51. The minimum atomic E-state index is -0.678. The Labute approximate surface area is 200 Å². The Hall–Kier alpha value is -2.25. The fourth-order valence-corrected chi connectivity index (χ4v) is 5.28. The third kappa shape index (κ3) is 4.58. The molecule has 1 atom stereocenters. The lowest BCUT2D eigenvalue weighted by atomic mass is 9.61. The molecule has 2 N–H and O–H groups in total. The number of benzene rings is 1. The number of hydrogen-bond donors (Lipinski definition) is 2. The first-order valence-corrected chi connectivity index (χ1v) is 12.1. The Bertz CT molecular complexity index is 1050. The standard InChI is InChI=1S/C25H35ClN4O3/c1-24(2,3)33-23(32)30-13-9-17-18-15-16(26)7-8-19(18)28-20(17)21(30)25(10-6-11-25)22(31)27-12-14-29(4)5/h7-8,15,21,28H,6,9-14H2,1-5H3,(H,27,31). The molecule has 2 amide bonds. The highest BCUT2D eigenvalue weighted by Gasteiger charge is 2.56. The van der Waals surface area contributed by atoms with Gasteiger partial charge in [-0.05, 0) is 77.9 Å². The number of carbonyl (C=O) groups excluding carboxylic acids is 2. The summed E-state index contributed by atoms with van der Waals surface area (Å²) in [6.07, 6.45) is 2.74. The Balaban J connectivity index is 1.77. The van der Waals surface area contributed by atoms with Crippen LogP contribution < -0.4 is 5.32 Å². The van der Waals surface area contributed by atoms with Crippen LogP contribution in [0, 0.1) is 5.41 Å². The van der Waals surface area contributed by atoms with Gasteiger partial charge in [-0.2, -0.15) is 0 Å². The fraction of sp³-hybridized carbons (Fsp3) is 0.600. The van der Waals surface area contributed by atoms with Crippen molar-refractivity contribution >= 4 is 34.5 Å².